The fourth-order valence-electron chi connectivity index (χ4n) is 2.30. The summed E-state index contributed by atoms with van der Waals surface area (Å²) in [6, 6.07) is 3.43. The predicted molar refractivity (Wildman–Crippen MR) is 74.3 cm³/mol. The first-order valence-electron chi connectivity index (χ1n) is 6.54. The Labute approximate surface area is 112 Å². The van der Waals surface area contributed by atoms with Crippen LogP contribution in [0.25, 0.3) is 0 Å². The van der Waals surface area contributed by atoms with Gasteiger partial charge in [-0.25, -0.2) is 4.98 Å². The van der Waals surface area contributed by atoms with E-state index < -0.39 is 0 Å². The minimum Gasteiger partial charge on any atom is -0.370 e. The number of carbonyl (C=O) groups excluding carboxylic acids is 1. The number of anilines is 1. The number of aromatic nitrogens is 1. The summed E-state index contributed by atoms with van der Waals surface area (Å²) in [6.07, 6.45) is 6.36. The number of carbonyl (C=O) groups is 1. The van der Waals surface area contributed by atoms with Gasteiger partial charge in [-0.1, -0.05) is 12.8 Å². The number of pyridine rings is 1. The van der Waals surface area contributed by atoms with Crippen molar-refractivity contribution in [3.05, 3.63) is 23.9 Å². The van der Waals surface area contributed by atoms with Crippen molar-refractivity contribution in [2.45, 2.75) is 25.7 Å². The molecule has 1 amide bonds. The molecule has 0 spiro atoms. The summed E-state index contributed by atoms with van der Waals surface area (Å²) in [5.41, 5.74) is 5.67. The molecule has 1 aromatic heterocycles. The van der Waals surface area contributed by atoms with E-state index in [0.717, 1.165) is 25.9 Å². The van der Waals surface area contributed by atoms with Crippen LogP contribution >= 0.6 is 0 Å². The zero-order chi connectivity index (χ0) is 13.7. The Hall–Kier alpha value is -2.11. The highest BCUT2D eigenvalue weighted by Crippen LogP contribution is 2.21. The summed E-state index contributed by atoms with van der Waals surface area (Å²) >= 11 is 0. The minimum absolute atomic E-state index is 0.351. The number of guanidine groups is 1. The number of nitrogens with one attached hydrogen (secondary N) is 2. The van der Waals surface area contributed by atoms with Crippen LogP contribution in [0.4, 0.5) is 5.82 Å². The minimum atomic E-state index is -0.375. The third-order valence-electron chi connectivity index (χ3n) is 3.19. The largest absolute Gasteiger partial charge is 0.370 e. The van der Waals surface area contributed by atoms with E-state index in [-0.39, 0.29) is 11.9 Å². The first-order chi connectivity index (χ1) is 9.18. The zero-order valence-electron chi connectivity index (χ0n) is 10.9. The standard InChI is InChI=1S/C13H19N5O/c14-13(15)17-12(19)10-6-5-7-16-11(10)18-8-3-1-2-4-9-18/h5-7H,1-4,8-9H2,(H4,14,15,17,19). The number of nitrogens with two attached hydrogens (primary N) is 1. The van der Waals surface area contributed by atoms with Crippen molar-refractivity contribution in [3.8, 4) is 0 Å². The van der Waals surface area contributed by atoms with Gasteiger partial charge in [-0.05, 0) is 25.0 Å². The highest BCUT2D eigenvalue weighted by Gasteiger charge is 2.19. The molecule has 6 heteroatoms. The highest BCUT2D eigenvalue weighted by molar-refractivity contribution is 6.07. The van der Waals surface area contributed by atoms with Crippen LogP contribution in [0.3, 0.4) is 0 Å². The lowest BCUT2D eigenvalue weighted by molar-refractivity contribution is 0.0976. The molecule has 0 radical (unpaired) electrons. The first-order valence-corrected chi connectivity index (χ1v) is 6.54. The summed E-state index contributed by atoms with van der Waals surface area (Å²) in [6.45, 7) is 1.83. The summed E-state index contributed by atoms with van der Waals surface area (Å²) in [4.78, 5) is 18.5. The van der Waals surface area contributed by atoms with Gasteiger partial charge in [0.1, 0.15) is 5.82 Å². The van der Waals surface area contributed by atoms with E-state index in [4.69, 9.17) is 11.1 Å². The smallest absolute Gasteiger partial charge is 0.261 e. The van der Waals surface area contributed by atoms with E-state index in [9.17, 15) is 4.79 Å². The average molecular weight is 261 g/mol. The Bertz CT molecular complexity index is 466. The second-order valence-electron chi connectivity index (χ2n) is 4.64. The lowest BCUT2D eigenvalue weighted by atomic mass is 10.2. The van der Waals surface area contributed by atoms with Crippen molar-refractivity contribution in [2.75, 3.05) is 18.0 Å². The van der Waals surface area contributed by atoms with Crippen molar-refractivity contribution in [3.63, 3.8) is 0 Å². The molecule has 1 saturated heterocycles. The maximum Gasteiger partial charge on any atom is 0.261 e. The van der Waals surface area contributed by atoms with Crippen LogP contribution in [-0.2, 0) is 0 Å². The molecular formula is C13H19N5O. The van der Waals surface area contributed by atoms with Crippen molar-refractivity contribution >= 4 is 17.7 Å². The number of hydrogen-bond acceptors (Lipinski definition) is 4. The van der Waals surface area contributed by atoms with Crippen molar-refractivity contribution in [1.29, 1.82) is 5.41 Å². The van der Waals surface area contributed by atoms with Crippen molar-refractivity contribution in [1.82, 2.24) is 10.3 Å². The maximum atomic E-state index is 12.0. The third-order valence-corrected chi connectivity index (χ3v) is 3.19. The molecule has 2 heterocycles. The molecule has 0 bridgehead atoms. The fourth-order valence-corrected chi connectivity index (χ4v) is 2.30. The zero-order valence-corrected chi connectivity index (χ0v) is 10.9. The SMILES string of the molecule is N=C(N)NC(=O)c1cccnc1N1CCCCCC1. The predicted octanol–water partition coefficient (Wildman–Crippen LogP) is 1.09. The van der Waals surface area contributed by atoms with E-state index in [1.807, 2.05) is 0 Å². The first kappa shape index (κ1) is 13.3. The molecule has 19 heavy (non-hydrogen) atoms. The second kappa shape index (κ2) is 6.17. The van der Waals surface area contributed by atoms with Gasteiger partial charge in [-0.2, -0.15) is 0 Å². The van der Waals surface area contributed by atoms with E-state index >= 15 is 0 Å². The lowest BCUT2D eigenvalue weighted by Gasteiger charge is -2.23. The van der Waals surface area contributed by atoms with Crippen LogP contribution in [-0.4, -0.2) is 29.9 Å². The van der Waals surface area contributed by atoms with E-state index in [1.165, 1.54) is 12.8 Å². The Balaban J connectivity index is 2.24. The van der Waals surface area contributed by atoms with Gasteiger partial charge in [0.2, 0.25) is 0 Å². The maximum absolute atomic E-state index is 12.0. The van der Waals surface area contributed by atoms with Crippen LogP contribution in [0.2, 0.25) is 0 Å². The molecule has 102 valence electrons. The number of rotatable bonds is 2. The Morgan fingerprint density at radius 2 is 2.00 bits per heavy atom. The summed E-state index contributed by atoms with van der Waals surface area (Å²) in [5.74, 6) is -0.0429. The van der Waals surface area contributed by atoms with Crippen molar-refractivity contribution < 1.29 is 4.79 Å². The van der Waals surface area contributed by atoms with Gasteiger partial charge >= 0.3 is 0 Å². The van der Waals surface area contributed by atoms with Crippen LogP contribution in [0.15, 0.2) is 18.3 Å². The molecule has 4 N–H and O–H groups in total. The van der Waals surface area contributed by atoms with E-state index in [1.54, 1.807) is 18.3 Å². The summed E-state index contributed by atoms with van der Waals surface area (Å²) in [7, 11) is 0. The van der Waals surface area contributed by atoms with Crippen LogP contribution in [0.5, 0.6) is 0 Å². The van der Waals surface area contributed by atoms with Gasteiger partial charge in [0.15, 0.2) is 5.96 Å². The molecule has 1 fully saturated rings. The van der Waals surface area contributed by atoms with Crippen LogP contribution < -0.4 is 16.0 Å². The molecule has 0 unspecified atom stereocenters. The quantitative estimate of drug-likeness (QED) is 0.548. The normalized spacial score (nSPS) is 15.7. The molecule has 0 aromatic carbocycles. The molecule has 1 aliphatic heterocycles. The number of amides is 1. The van der Waals surface area contributed by atoms with Gasteiger partial charge in [0.05, 0.1) is 5.56 Å². The summed E-state index contributed by atoms with van der Waals surface area (Å²) in [5, 5.41) is 9.45. The third kappa shape index (κ3) is 3.43. The van der Waals surface area contributed by atoms with Gasteiger partial charge in [-0.15, -0.1) is 0 Å². The van der Waals surface area contributed by atoms with Crippen molar-refractivity contribution in [2.24, 2.45) is 5.73 Å². The molecule has 0 saturated carbocycles. The van der Waals surface area contributed by atoms with E-state index in [2.05, 4.69) is 15.2 Å². The number of nitrogens with zero attached hydrogens (tertiary/aromatic N) is 2. The van der Waals surface area contributed by atoms with Gasteiger partial charge in [-0.3, -0.25) is 15.5 Å². The van der Waals surface area contributed by atoms with Crippen LogP contribution in [0.1, 0.15) is 36.0 Å². The highest BCUT2D eigenvalue weighted by atomic mass is 16.1. The molecule has 1 aromatic rings. The Morgan fingerprint density at radius 1 is 1.32 bits per heavy atom. The number of hydrogen-bond donors (Lipinski definition) is 3. The van der Waals surface area contributed by atoms with E-state index in [0.29, 0.717) is 11.4 Å². The molecule has 0 atom stereocenters. The van der Waals surface area contributed by atoms with Crippen LogP contribution in [0, 0.1) is 5.41 Å². The van der Waals surface area contributed by atoms with Gasteiger partial charge in [0.25, 0.3) is 5.91 Å². The van der Waals surface area contributed by atoms with Gasteiger partial charge in [0, 0.05) is 19.3 Å². The fraction of sp³-hybridized carbons (Fsp3) is 0.462. The Kier molecular flexibility index (Phi) is 4.33. The Morgan fingerprint density at radius 3 is 2.63 bits per heavy atom. The summed E-state index contributed by atoms with van der Waals surface area (Å²) < 4.78 is 0. The molecule has 2 rings (SSSR count). The van der Waals surface area contributed by atoms with Gasteiger partial charge < -0.3 is 10.6 Å². The average Bonchev–Trinajstić information content (AvgIpc) is 2.66. The molecule has 6 nitrogen and oxygen atoms in total. The molecule has 0 aliphatic carbocycles. The molecule has 1 aliphatic rings. The molecular weight excluding hydrogens is 242 g/mol. The topological polar surface area (TPSA) is 95.1 Å². The monoisotopic (exact) mass is 261 g/mol. The second-order valence-corrected chi connectivity index (χ2v) is 4.64. The lowest BCUT2D eigenvalue weighted by Crippen LogP contribution is -2.37.